The number of ether oxygens (including phenoxy) is 2. The van der Waals surface area contributed by atoms with E-state index in [1.165, 1.54) is 16.3 Å². The molecule has 0 amide bonds. The van der Waals surface area contributed by atoms with Crippen molar-refractivity contribution in [1.82, 2.24) is 5.32 Å². The third-order valence-corrected chi connectivity index (χ3v) is 4.80. The van der Waals surface area contributed by atoms with E-state index in [1.807, 2.05) is 18.2 Å². The van der Waals surface area contributed by atoms with Crippen molar-refractivity contribution in [2.75, 3.05) is 13.7 Å². The molecule has 0 aliphatic carbocycles. The molecule has 144 valence electrons. The zero-order chi connectivity index (χ0) is 19.8. The van der Waals surface area contributed by atoms with Crippen molar-refractivity contribution in [2.45, 2.75) is 32.4 Å². The highest BCUT2D eigenvalue weighted by atomic mass is 16.5. The second-order valence-electron chi connectivity index (χ2n) is 6.80. The highest BCUT2D eigenvalue weighted by Crippen LogP contribution is 2.29. The summed E-state index contributed by atoms with van der Waals surface area (Å²) in [7, 11) is 1.64. The number of nitrogens with zero attached hydrogens (tertiary/aromatic N) is 1. The molecule has 0 saturated heterocycles. The van der Waals surface area contributed by atoms with Crippen LogP contribution in [0.25, 0.3) is 10.8 Å². The topological polar surface area (TPSA) is 54.3 Å². The number of nitrogens with one attached hydrogen (secondary N) is 1. The van der Waals surface area contributed by atoms with Crippen molar-refractivity contribution in [3.8, 4) is 17.6 Å². The van der Waals surface area contributed by atoms with Gasteiger partial charge in [-0.05, 0) is 53.4 Å². The molecule has 0 aliphatic heterocycles. The highest BCUT2D eigenvalue weighted by Gasteiger charge is 2.09. The molecule has 1 N–H and O–H groups in total. The lowest BCUT2D eigenvalue weighted by Crippen LogP contribution is -2.18. The van der Waals surface area contributed by atoms with E-state index in [2.05, 4.69) is 60.8 Å². The fourth-order valence-electron chi connectivity index (χ4n) is 3.14. The van der Waals surface area contributed by atoms with Crippen molar-refractivity contribution >= 4 is 10.8 Å². The highest BCUT2D eigenvalue weighted by molar-refractivity contribution is 5.83. The lowest BCUT2D eigenvalue weighted by molar-refractivity contribution is 0.290. The molecule has 4 heteroatoms. The standard InChI is InChI=1S/C24H26N2O2/c1-18(21-11-10-20-7-3-4-8-22(20)16-21)26-17-19-9-12-23(27-2)24(15-19)28-14-6-5-13-25/h3-4,7-12,15-16,18,26H,5-6,14,17H2,1-2H3. The second kappa shape index (κ2) is 9.77. The number of benzene rings is 3. The van der Waals surface area contributed by atoms with E-state index in [0.29, 0.717) is 25.2 Å². The molecule has 1 atom stereocenters. The average Bonchev–Trinajstić information content (AvgIpc) is 2.74. The van der Waals surface area contributed by atoms with Crippen LogP contribution < -0.4 is 14.8 Å². The summed E-state index contributed by atoms with van der Waals surface area (Å²) in [6.07, 6.45) is 1.20. The van der Waals surface area contributed by atoms with E-state index in [0.717, 1.165) is 17.9 Å². The Morgan fingerprint density at radius 3 is 2.61 bits per heavy atom. The first-order valence-corrected chi connectivity index (χ1v) is 9.60. The molecule has 0 fully saturated rings. The molecular weight excluding hydrogens is 348 g/mol. The Morgan fingerprint density at radius 2 is 1.82 bits per heavy atom. The monoisotopic (exact) mass is 374 g/mol. The van der Waals surface area contributed by atoms with Crippen LogP contribution in [0.2, 0.25) is 0 Å². The number of hydrogen-bond donors (Lipinski definition) is 1. The molecule has 0 heterocycles. The van der Waals surface area contributed by atoms with E-state index in [-0.39, 0.29) is 6.04 Å². The summed E-state index contributed by atoms with van der Waals surface area (Å²) in [5.74, 6) is 1.43. The van der Waals surface area contributed by atoms with E-state index in [9.17, 15) is 0 Å². The predicted octanol–water partition coefficient (Wildman–Crippen LogP) is 5.38. The van der Waals surface area contributed by atoms with Crippen LogP contribution in [0.15, 0.2) is 60.7 Å². The first-order valence-electron chi connectivity index (χ1n) is 9.60. The average molecular weight is 374 g/mol. The summed E-state index contributed by atoms with van der Waals surface area (Å²) in [6, 6.07) is 23.3. The summed E-state index contributed by atoms with van der Waals surface area (Å²) in [5, 5.41) is 14.7. The number of hydrogen-bond acceptors (Lipinski definition) is 4. The first-order chi connectivity index (χ1) is 13.7. The van der Waals surface area contributed by atoms with Crippen LogP contribution in [0.4, 0.5) is 0 Å². The third kappa shape index (κ3) is 5.03. The Labute approximate surface area is 166 Å². The van der Waals surface area contributed by atoms with Crippen molar-refractivity contribution < 1.29 is 9.47 Å². The Hall–Kier alpha value is -3.03. The molecule has 0 saturated carbocycles. The van der Waals surface area contributed by atoms with Gasteiger partial charge in [0.05, 0.1) is 19.8 Å². The largest absolute Gasteiger partial charge is 0.493 e. The number of unbranched alkanes of at least 4 members (excludes halogenated alkanes) is 1. The van der Waals surface area contributed by atoms with Crippen molar-refractivity contribution in [3.63, 3.8) is 0 Å². The van der Waals surface area contributed by atoms with Crippen LogP contribution in [0.3, 0.4) is 0 Å². The van der Waals surface area contributed by atoms with Crippen LogP contribution in [-0.2, 0) is 6.54 Å². The van der Waals surface area contributed by atoms with Crippen molar-refractivity contribution in [3.05, 3.63) is 71.8 Å². The molecule has 0 aliphatic rings. The molecule has 3 aromatic carbocycles. The van der Waals surface area contributed by atoms with Crippen LogP contribution in [0.5, 0.6) is 11.5 Å². The van der Waals surface area contributed by atoms with Gasteiger partial charge in [0.1, 0.15) is 0 Å². The predicted molar refractivity (Wildman–Crippen MR) is 113 cm³/mol. The molecule has 3 aromatic rings. The third-order valence-electron chi connectivity index (χ3n) is 4.80. The molecule has 0 spiro atoms. The normalized spacial score (nSPS) is 11.8. The van der Waals surface area contributed by atoms with E-state index >= 15 is 0 Å². The molecule has 4 nitrogen and oxygen atoms in total. The molecule has 28 heavy (non-hydrogen) atoms. The first kappa shape index (κ1) is 19.7. The van der Waals surface area contributed by atoms with Gasteiger partial charge in [-0.3, -0.25) is 0 Å². The maximum absolute atomic E-state index is 8.64. The fraction of sp³-hybridized carbons (Fsp3) is 0.292. The quantitative estimate of drug-likeness (QED) is 0.511. The van der Waals surface area contributed by atoms with E-state index in [1.54, 1.807) is 7.11 Å². The molecular formula is C24H26N2O2. The van der Waals surface area contributed by atoms with Gasteiger partial charge >= 0.3 is 0 Å². The van der Waals surface area contributed by atoms with Gasteiger partial charge in [0.25, 0.3) is 0 Å². The summed E-state index contributed by atoms with van der Waals surface area (Å²) >= 11 is 0. The van der Waals surface area contributed by atoms with Gasteiger partial charge < -0.3 is 14.8 Å². The number of fused-ring (bicyclic) bond motifs is 1. The zero-order valence-corrected chi connectivity index (χ0v) is 16.4. The van der Waals surface area contributed by atoms with Gasteiger partial charge in [0, 0.05) is 19.0 Å². The maximum Gasteiger partial charge on any atom is 0.161 e. The van der Waals surface area contributed by atoms with Crippen molar-refractivity contribution in [1.29, 1.82) is 5.26 Å². The summed E-state index contributed by atoms with van der Waals surface area (Å²) < 4.78 is 11.2. The Kier molecular flexibility index (Phi) is 6.89. The van der Waals surface area contributed by atoms with E-state index < -0.39 is 0 Å². The maximum atomic E-state index is 8.64. The Balaban J connectivity index is 1.64. The molecule has 3 rings (SSSR count). The summed E-state index contributed by atoms with van der Waals surface area (Å²) in [6.45, 7) is 3.41. The molecule has 1 unspecified atom stereocenters. The van der Waals surface area contributed by atoms with Gasteiger partial charge in [-0.1, -0.05) is 42.5 Å². The Morgan fingerprint density at radius 1 is 1.00 bits per heavy atom. The Bertz CT molecular complexity index is 962. The zero-order valence-electron chi connectivity index (χ0n) is 16.4. The number of rotatable bonds is 9. The van der Waals surface area contributed by atoms with E-state index in [4.69, 9.17) is 14.7 Å². The fourth-order valence-corrected chi connectivity index (χ4v) is 3.14. The van der Waals surface area contributed by atoms with Crippen LogP contribution in [0, 0.1) is 11.3 Å². The van der Waals surface area contributed by atoms with Gasteiger partial charge in [-0.15, -0.1) is 0 Å². The minimum absolute atomic E-state index is 0.228. The SMILES string of the molecule is COc1ccc(CNC(C)c2ccc3ccccc3c2)cc1OCCCC#N. The smallest absolute Gasteiger partial charge is 0.161 e. The van der Waals surface area contributed by atoms with Gasteiger partial charge in [-0.25, -0.2) is 0 Å². The molecule has 0 bridgehead atoms. The van der Waals surface area contributed by atoms with Crippen molar-refractivity contribution in [2.24, 2.45) is 0 Å². The van der Waals surface area contributed by atoms with Gasteiger partial charge in [0.15, 0.2) is 11.5 Å². The van der Waals surface area contributed by atoms with Crippen LogP contribution in [-0.4, -0.2) is 13.7 Å². The second-order valence-corrected chi connectivity index (χ2v) is 6.80. The molecule has 0 radical (unpaired) electrons. The summed E-state index contributed by atoms with van der Waals surface area (Å²) in [5.41, 5.74) is 2.39. The van der Waals surface area contributed by atoms with Gasteiger partial charge in [0.2, 0.25) is 0 Å². The number of methoxy groups -OCH3 is 1. The van der Waals surface area contributed by atoms with Crippen LogP contribution in [0.1, 0.15) is 36.9 Å². The minimum atomic E-state index is 0.228. The number of nitriles is 1. The lowest BCUT2D eigenvalue weighted by atomic mass is 10.0. The van der Waals surface area contributed by atoms with Gasteiger partial charge in [-0.2, -0.15) is 5.26 Å². The van der Waals surface area contributed by atoms with Crippen LogP contribution >= 0.6 is 0 Å². The summed E-state index contributed by atoms with van der Waals surface area (Å²) in [4.78, 5) is 0. The minimum Gasteiger partial charge on any atom is -0.493 e. The molecule has 0 aromatic heterocycles. The lowest BCUT2D eigenvalue weighted by Gasteiger charge is -2.16.